The number of amides is 1. The van der Waals surface area contributed by atoms with Gasteiger partial charge in [0.25, 0.3) is 5.91 Å². The van der Waals surface area contributed by atoms with Crippen molar-refractivity contribution in [3.05, 3.63) is 29.8 Å². The fourth-order valence-corrected chi connectivity index (χ4v) is 1.40. The van der Waals surface area contributed by atoms with Crippen LogP contribution in [0.2, 0.25) is 0 Å². The van der Waals surface area contributed by atoms with E-state index >= 15 is 0 Å². The molecule has 7 heteroatoms. The predicted molar refractivity (Wildman–Crippen MR) is 55.1 cm³/mol. The van der Waals surface area contributed by atoms with Crippen LogP contribution in [-0.2, 0) is 10.5 Å². The van der Waals surface area contributed by atoms with Crippen LogP contribution in [0.5, 0.6) is 5.75 Å². The Labute approximate surface area is 92.6 Å². The molecule has 0 bridgehead atoms. The van der Waals surface area contributed by atoms with E-state index in [1.165, 1.54) is 18.2 Å². The lowest BCUT2D eigenvalue weighted by Crippen LogP contribution is -2.22. The molecule has 5 nitrogen and oxygen atoms in total. The van der Waals surface area contributed by atoms with Gasteiger partial charge in [-0.05, 0) is 25.1 Å². The Morgan fingerprint density at radius 3 is 2.75 bits per heavy atom. The van der Waals surface area contributed by atoms with Gasteiger partial charge in [0.15, 0.2) is 0 Å². The van der Waals surface area contributed by atoms with Crippen molar-refractivity contribution in [3.8, 4) is 5.75 Å². The molecule has 0 saturated heterocycles. The van der Waals surface area contributed by atoms with Crippen LogP contribution in [0, 0.1) is 0 Å². The Morgan fingerprint density at radius 2 is 2.19 bits per heavy atom. The second-order valence-electron chi connectivity index (χ2n) is 2.86. The van der Waals surface area contributed by atoms with E-state index in [1.54, 1.807) is 6.92 Å². The Kier molecular flexibility index (Phi) is 3.83. The van der Waals surface area contributed by atoms with Crippen LogP contribution in [0.25, 0.3) is 0 Å². The van der Waals surface area contributed by atoms with Gasteiger partial charge in [0, 0.05) is 12.1 Å². The summed E-state index contributed by atoms with van der Waals surface area (Å²) in [5, 5.41) is 2.51. The summed E-state index contributed by atoms with van der Waals surface area (Å²) in [4.78, 5) is 11.4. The van der Waals surface area contributed by atoms with Crippen LogP contribution >= 0.6 is 0 Å². The van der Waals surface area contributed by atoms with Gasteiger partial charge in [-0.15, -0.1) is 0 Å². The molecule has 0 aliphatic heterocycles. The van der Waals surface area contributed by atoms with Crippen molar-refractivity contribution in [1.29, 1.82) is 0 Å². The maximum absolute atomic E-state index is 12.2. The molecule has 16 heavy (non-hydrogen) atoms. The third-order valence-electron chi connectivity index (χ3n) is 1.63. The van der Waals surface area contributed by atoms with Crippen LogP contribution in [0.15, 0.2) is 24.3 Å². The van der Waals surface area contributed by atoms with Crippen LogP contribution < -0.4 is 9.50 Å². The summed E-state index contributed by atoms with van der Waals surface area (Å²) in [7, 11) is -5.06. The number of nitrogens with one attached hydrogen (secondary N) is 1. The largest absolute Gasteiger partial charge is 0.488 e. The van der Waals surface area contributed by atoms with Gasteiger partial charge in [-0.2, -0.15) is 8.42 Å². The molecule has 1 amide bonds. The van der Waals surface area contributed by atoms with E-state index < -0.39 is 10.5 Å². The smallest absolute Gasteiger partial charge is 0.358 e. The summed E-state index contributed by atoms with van der Waals surface area (Å²) in [5.74, 6) is -0.629. The van der Waals surface area contributed by atoms with Crippen LogP contribution in [-0.4, -0.2) is 20.9 Å². The SMILES string of the molecule is CCNC(=O)c1cccc(OS(=O)(=O)F)c1. The van der Waals surface area contributed by atoms with Gasteiger partial charge in [0.1, 0.15) is 5.75 Å². The van der Waals surface area contributed by atoms with Crippen molar-refractivity contribution in [2.75, 3.05) is 6.54 Å². The number of carbonyl (C=O) groups excluding carboxylic acids is 1. The highest BCUT2D eigenvalue weighted by Gasteiger charge is 2.11. The zero-order chi connectivity index (χ0) is 12.2. The van der Waals surface area contributed by atoms with Crippen molar-refractivity contribution in [1.82, 2.24) is 5.32 Å². The molecular weight excluding hydrogens is 237 g/mol. The summed E-state index contributed by atoms with van der Waals surface area (Å²) < 4.78 is 36.6. The minimum Gasteiger partial charge on any atom is -0.358 e. The van der Waals surface area contributed by atoms with Crippen LogP contribution in [0.4, 0.5) is 3.89 Å². The average Bonchev–Trinajstić information content (AvgIpc) is 2.16. The summed E-state index contributed by atoms with van der Waals surface area (Å²) in [5.41, 5.74) is 0.197. The zero-order valence-electron chi connectivity index (χ0n) is 8.44. The molecule has 88 valence electrons. The van der Waals surface area contributed by atoms with E-state index in [9.17, 15) is 17.1 Å². The first kappa shape index (κ1) is 12.4. The number of carbonyl (C=O) groups is 1. The maximum Gasteiger partial charge on any atom is 0.488 e. The summed E-state index contributed by atoms with van der Waals surface area (Å²) >= 11 is 0. The summed E-state index contributed by atoms with van der Waals surface area (Å²) in [6.07, 6.45) is 0. The Balaban J connectivity index is 2.91. The molecule has 0 aromatic heterocycles. The second-order valence-corrected chi connectivity index (χ2v) is 3.82. The van der Waals surface area contributed by atoms with Crippen molar-refractivity contribution < 1.29 is 21.3 Å². The quantitative estimate of drug-likeness (QED) is 0.806. The minimum atomic E-state index is -5.06. The van der Waals surface area contributed by atoms with Gasteiger partial charge in [-0.3, -0.25) is 4.79 Å². The normalized spacial score (nSPS) is 10.9. The number of rotatable bonds is 4. The molecular formula is C9H10FNO4S. The van der Waals surface area contributed by atoms with Crippen molar-refractivity contribution in [3.63, 3.8) is 0 Å². The lowest BCUT2D eigenvalue weighted by Gasteiger charge is -2.04. The Morgan fingerprint density at radius 1 is 1.50 bits per heavy atom. The van der Waals surface area contributed by atoms with Gasteiger partial charge in [-0.1, -0.05) is 9.95 Å². The van der Waals surface area contributed by atoms with Gasteiger partial charge in [0.2, 0.25) is 0 Å². The molecule has 0 fully saturated rings. The fourth-order valence-electron chi connectivity index (χ4n) is 1.07. The monoisotopic (exact) mass is 247 g/mol. The first-order valence-corrected chi connectivity index (χ1v) is 5.75. The van der Waals surface area contributed by atoms with E-state index in [4.69, 9.17) is 0 Å². The van der Waals surface area contributed by atoms with E-state index in [2.05, 4.69) is 9.50 Å². The fraction of sp³-hybridized carbons (Fsp3) is 0.222. The van der Waals surface area contributed by atoms with Crippen molar-refractivity contribution in [2.24, 2.45) is 0 Å². The highest BCUT2D eigenvalue weighted by Crippen LogP contribution is 2.15. The Bertz CT molecular complexity index is 486. The van der Waals surface area contributed by atoms with Gasteiger partial charge in [-0.25, -0.2) is 0 Å². The molecule has 0 saturated carbocycles. The first-order valence-electron chi connectivity index (χ1n) is 4.44. The van der Waals surface area contributed by atoms with Crippen LogP contribution in [0.1, 0.15) is 17.3 Å². The maximum atomic E-state index is 12.2. The summed E-state index contributed by atoms with van der Waals surface area (Å²) in [6, 6.07) is 5.23. The average molecular weight is 247 g/mol. The lowest BCUT2D eigenvalue weighted by atomic mass is 10.2. The molecule has 0 unspecified atom stereocenters. The summed E-state index contributed by atoms with van der Waals surface area (Å²) in [6.45, 7) is 2.18. The molecule has 1 aromatic rings. The number of hydrogen-bond acceptors (Lipinski definition) is 4. The van der Waals surface area contributed by atoms with Crippen LogP contribution in [0.3, 0.4) is 0 Å². The van der Waals surface area contributed by atoms with Gasteiger partial charge >= 0.3 is 10.5 Å². The lowest BCUT2D eigenvalue weighted by molar-refractivity contribution is 0.0955. The van der Waals surface area contributed by atoms with Crippen molar-refractivity contribution in [2.45, 2.75) is 6.92 Å². The van der Waals surface area contributed by atoms with E-state index in [1.807, 2.05) is 0 Å². The number of halogens is 1. The molecule has 0 aliphatic carbocycles. The molecule has 0 radical (unpaired) electrons. The second kappa shape index (κ2) is 4.93. The first-order chi connectivity index (χ1) is 7.42. The molecule has 0 atom stereocenters. The molecule has 0 spiro atoms. The molecule has 1 aromatic carbocycles. The van der Waals surface area contributed by atoms with Gasteiger partial charge in [0.05, 0.1) is 0 Å². The Hall–Kier alpha value is -1.63. The number of hydrogen-bond donors (Lipinski definition) is 1. The molecule has 1 rings (SSSR count). The molecule has 1 N–H and O–H groups in total. The molecule has 0 aliphatic rings. The van der Waals surface area contributed by atoms with Gasteiger partial charge < -0.3 is 9.50 Å². The topological polar surface area (TPSA) is 72.5 Å². The minimum absolute atomic E-state index is 0.197. The van der Waals surface area contributed by atoms with E-state index in [0.29, 0.717) is 6.54 Å². The highest BCUT2D eigenvalue weighted by atomic mass is 32.3. The zero-order valence-corrected chi connectivity index (χ0v) is 9.25. The third-order valence-corrected chi connectivity index (χ3v) is 2.02. The van der Waals surface area contributed by atoms with Crippen molar-refractivity contribution >= 4 is 16.4 Å². The number of benzene rings is 1. The predicted octanol–water partition coefficient (Wildman–Crippen LogP) is 1.03. The molecule has 0 heterocycles. The van der Waals surface area contributed by atoms with E-state index in [0.717, 1.165) is 6.07 Å². The van der Waals surface area contributed by atoms with E-state index in [-0.39, 0.29) is 17.2 Å². The highest BCUT2D eigenvalue weighted by molar-refractivity contribution is 7.81. The standard InChI is InChI=1S/C9H10FNO4S/c1-2-11-9(12)7-4-3-5-8(6-7)15-16(10,13)14/h3-6H,2H2,1H3,(H,11,12). The third kappa shape index (κ3) is 3.85.